The third-order valence-electron chi connectivity index (χ3n) is 1.49. The van der Waals surface area contributed by atoms with E-state index in [0.717, 1.165) is 6.54 Å². The molecule has 1 aliphatic heterocycles. The molecule has 0 aliphatic carbocycles. The Balaban J connectivity index is 2.54. The van der Waals surface area contributed by atoms with Gasteiger partial charge < -0.3 is 10.7 Å². The predicted molar refractivity (Wildman–Crippen MR) is 45.8 cm³/mol. The summed E-state index contributed by atoms with van der Waals surface area (Å²) in [6, 6.07) is -0.350. The highest BCUT2D eigenvalue weighted by molar-refractivity contribution is 7.80. The van der Waals surface area contributed by atoms with Crippen LogP contribution in [0.1, 0.15) is 0 Å². The molecule has 0 saturated heterocycles. The number of amides is 1. The van der Waals surface area contributed by atoms with Gasteiger partial charge in [-0.1, -0.05) is 6.08 Å². The van der Waals surface area contributed by atoms with Gasteiger partial charge in [-0.05, 0) is 0 Å². The zero-order chi connectivity index (χ0) is 8.27. The summed E-state index contributed by atoms with van der Waals surface area (Å²) in [5.41, 5.74) is 8.09. The minimum atomic E-state index is -0.362. The number of rotatable bonds is 3. The first-order chi connectivity index (χ1) is 5.25. The second-order valence-corrected chi connectivity index (χ2v) is 2.62. The summed E-state index contributed by atoms with van der Waals surface area (Å²) in [7, 11) is 0. The van der Waals surface area contributed by atoms with Gasteiger partial charge in [0.2, 0.25) is 5.91 Å². The van der Waals surface area contributed by atoms with E-state index in [2.05, 4.69) is 18.1 Å². The van der Waals surface area contributed by atoms with Crippen molar-refractivity contribution >= 4 is 18.5 Å². The third-order valence-corrected chi connectivity index (χ3v) is 1.84. The highest BCUT2D eigenvalue weighted by Gasteiger charge is 2.20. The first-order valence-electron chi connectivity index (χ1n) is 3.34. The van der Waals surface area contributed by atoms with Crippen molar-refractivity contribution in [3.63, 3.8) is 0 Å². The maximum absolute atomic E-state index is 10.8. The second kappa shape index (κ2) is 3.64. The first-order valence-corrected chi connectivity index (χ1v) is 3.97. The van der Waals surface area contributed by atoms with E-state index in [4.69, 9.17) is 5.73 Å². The highest BCUT2D eigenvalue weighted by Crippen LogP contribution is 2.02. The number of nitrogens with two attached hydrogens (primary N) is 1. The van der Waals surface area contributed by atoms with E-state index >= 15 is 0 Å². The minimum absolute atomic E-state index is 0.350. The average Bonchev–Trinajstić information content (AvgIpc) is 2.40. The molecule has 0 aromatic heterocycles. The zero-order valence-electron chi connectivity index (χ0n) is 6.03. The molecule has 1 unspecified atom stereocenters. The van der Waals surface area contributed by atoms with Gasteiger partial charge >= 0.3 is 0 Å². The molecular weight excluding hydrogens is 162 g/mol. The van der Waals surface area contributed by atoms with Crippen molar-refractivity contribution in [3.8, 4) is 0 Å². The lowest BCUT2D eigenvalue weighted by Crippen LogP contribution is -2.47. The molecule has 0 bridgehead atoms. The fourth-order valence-corrected chi connectivity index (χ4v) is 1.26. The molecule has 0 saturated carbocycles. The Morgan fingerprint density at radius 2 is 2.64 bits per heavy atom. The summed E-state index contributed by atoms with van der Waals surface area (Å²) in [6.07, 6.45) is 3.71. The molecule has 3 N–H and O–H groups in total. The Labute approximate surface area is 70.8 Å². The van der Waals surface area contributed by atoms with Crippen LogP contribution in [0.25, 0.3) is 0 Å². The maximum atomic E-state index is 10.8. The van der Waals surface area contributed by atoms with Crippen molar-refractivity contribution in [1.82, 2.24) is 10.4 Å². The van der Waals surface area contributed by atoms with Gasteiger partial charge in [-0.15, -0.1) is 0 Å². The summed E-state index contributed by atoms with van der Waals surface area (Å²) in [4.78, 5) is 10.8. The van der Waals surface area contributed by atoms with Gasteiger partial charge in [0, 0.05) is 18.5 Å². The van der Waals surface area contributed by atoms with Gasteiger partial charge in [-0.2, -0.15) is 12.6 Å². The number of hydrazine groups is 1. The van der Waals surface area contributed by atoms with Crippen molar-refractivity contribution in [2.75, 3.05) is 12.3 Å². The number of nitrogens with zero attached hydrogens (tertiary/aromatic N) is 1. The van der Waals surface area contributed by atoms with Crippen molar-refractivity contribution in [2.45, 2.75) is 6.04 Å². The van der Waals surface area contributed by atoms with Crippen LogP contribution in [-0.4, -0.2) is 29.3 Å². The van der Waals surface area contributed by atoms with Crippen LogP contribution in [-0.2, 0) is 4.79 Å². The number of hydrogen-bond acceptors (Lipinski definition) is 4. The van der Waals surface area contributed by atoms with E-state index in [0.29, 0.717) is 5.75 Å². The maximum Gasteiger partial charge on any atom is 0.242 e. The lowest BCUT2D eigenvalue weighted by Gasteiger charge is -2.23. The minimum Gasteiger partial charge on any atom is -0.368 e. The molecule has 0 aromatic carbocycles. The molecular formula is C6H11N3OS. The van der Waals surface area contributed by atoms with Crippen LogP contribution in [0.3, 0.4) is 0 Å². The molecule has 0 radical (unpaired) electrons. The average molecular weight is 173 g/mol. The Morgan fingerprint density at radius 1 is 1.91 bits per heavy atom. The largest absolute Gasteiger partial charge is 0.368 e. The summed E-state index contributed by atoms with van der Waals surface area (Å²) in [5.74, 6) is 0.0613. The summed E-state index contributed by atoms with van der Waals surface area (Å²) in [6.45, 7) is 0.748. The first kappa shape index (κ1) is 8.42. The highest BCUT2D eigenvalue weighted by atomic mass is 32.1. The molecule has 4 nitrogen and oxygen atoms in total. The topological polar surface area (TPSA) is 58.4 Å². The van der Waals surface area contributed by atoms with E-state index in [-0.39, 0.29) is 11.9 Å². The van der Waals surface area contributed by atoms with Gasteiger partial charge in [0.1, 0.15) is 6.04 Å². The van der Waals surface area contributed by atoms with Crippen LogP contribution in [0.2, 0.25) is 0 Å². The Kier molecular flexibility index (Phi) is 2.78. The molecule has 5 heteroatoms. The van der Waals surface area contributed by atoms with E-state index in [1.54, 1.807) is 11.2 Å². The van der Waals surface area contributed by atoms with E-state index < -0.39 is 0 Å². The lowest BCUT2D eigenvalue weighted by atomic mass is 10.3. The molecule has 0 fully saturated rings. The molecule has 1 aliphatic rings. The Hall–Kier alpha value is -0.680. The predicted octanol–water partition coefficient (Wildman–Crippen LogP) is -0.896. The van der Waals surface area contributed by atoms with Crippen molar-refractivity contribution < 1.29 is 4.79 Å². The lowest BCUT2D eigenvalue weighted by molar-refractivity contribution is -0.122. The standard InChI is InChI=1S/C6H11N3OS/c7-6(10)5(4-11)9-3-1-2-8-9/h1,3,5,8,11H,2,4H2,(H2,7,10). The number of carbonyl (C=O) groups excluding carboxylic acids is 1. The molecule has 1 atom stereocenters. The van der Waals surface area contributed by atoms with E-state index in [1.165, 1.54) is 0 Å². The summed E-state index contributed by atoms with van der Waals surface area (Å²) in [5, 5.41) is 1.68. The molecule has 0 aromatic rings. The molecule has 62 valence electrons. The van der Waals surface area contributed by atoms with Gasteiger partial charge in [0.25, 0.3) is 0 Å². The molecule has 1 amide bonds. The quantitative estimate of drug-likeness (QED) is 0.485. The van der Waals surface area contributed by atoms with Gasteiger partial charge in [0.15, 0.2) is 0 Å². The monoisotopic (exact) mass is 173 g/mol. The normalized spacial score (nSPS) is 18.8. The zero-order valence-corrected chi connectivity index (χ0v) is 6.92. The van der Waals surface area contributed by atoms with Crippen LogP contribution in [0.15, 0.2) is 12.3 Å². The van der Waals surface area contributed by atoms with Crippen LogP contribution in [0.4, 0.5) is 0 Å². The fraction of sp³-hybridized carbons (Fsp3) is 0.500. The van der Waals surface area contributed by atoms with Crippen LogP contribution in [0, 0.1) is 0 Å². The molecule has 1 rings (SSSR count). The van der Waals surface area contributed by atoms with E-state index in [9.17, 15) is 4.79 Å². The van der Waals surface area contributed by atoms with Gasteiger partial charge in [-0.3, -0.25) is 4.79 Å². The van der Waals surface area contributed by atoms with Crippen LogP contribution < -0.4 is 11.2 Å². The molecule has 11 heavy (non-hydrogen) atoms. The SMILES string of the molecule is NC(=O)C(CS)N1C=CCN1. The van der Waals surface area contributed by atoms with Gasteiger partial charge in [-0.25, -0.2) is 5.43 Å². The number of hydrogen-bond donors (Lipinski definition) is 3. The smallest absolute Gasteiger partial charge is 0.242 e. The molecule has 1 heterocycles. The summed E-state index contributed by atoms with van der Waals surface area (Å²) >= 11 is 4.01. The van der Waals surface area contributed by atoms with Crippen LogP contribution >= 0.6 is 12.6 Å². The Bertz CT molecular complexity index is 183. The Morgan fingerprint density at radius 3 is 3.00 bits per heavy atom. The number of carbonyl (C=O) groups is 1. The van der Waals surface area contributed by atoms with Gasteiger partial charge in [0.05, 0.1) is 0 Å². The fourth-order valence-electron chi connectivity index (χ4n) is 0.906. The number of nitrogens with one attached hydrogen (secondary N) is 1. The van der Waals surface area contributed by atoms with E-state index in [1.807, 2.05) is 6.08 Å². The van der Waals surface area contributed by atoms with Crippen molar-refractivity contribution in [2.24, 2.45) is 5.73 Å². The molecule has 0 spiro atoms. The van der Waals surface area contributed by atoms with Crippen molar-refractivity contribution in [3.05, 3.63) is 12.3 Å². The third kappa shape index (κ3) is 1.87. The number of primary amides is 1. The second-order valence-electron chi connectivity index (χ2n) is 2.26. The number of thiol groups is 1. The summed E-state index contributed by atoms with van der Waals surface area (Å²) < 4.78 is 0. The van der Waals surface area contributed by atoms with Crippen LogP contribution in [0.5, 0.6) is 0 Å². The van der Waals surface area contributed by atoms with Crippen molar-refractivity contribution in [1.29, 1.82) is 0 Å².